The third kappa shape index (κ3) is 3.55. The molecule has 1 aromatic carbocycles. The maximum absolute atomic E-state index is 12.6. The van der Waals surface area contributed by atoms with Crippen LogP contribution in [-0.2, 0) is 0 Å². The molecule has 1 nitrogen and oxygen atoms in total. The first-order valence-corrected chi connectivity index (χ1v) is 4.23. The van der Waals surface area contributed by atoms with Crippen molar-refractivity contribution in [3.05, 3.63) is 29.8 Å². The molecule has 0 spiro atoms. The van der Waals surface area contributed by atoms with E-state index in [1.54, 1.807) is 0 Å². The van der Waals surface area contributed by atoms with E-state index in [4.69, 9.17) is 34.8 Å². The van der Waals surface area contributed by atoms with E-state index in [2.05, 4.69) is 4.74 Å². The minimum atomic E-state index is -1.98. The lowest BCUT2D eigenvalue weighted by molar-refractivity contribution is 0.317. The van der Waals surface area contributed by atoms with Crippen molar-refractivity contribution in [1.82, 2.24) is 0 Å². The molecule has 0 amide bonds. The minimum Gasteiger partial charge on any atom is -0.445 e. The Hall–Kier alpha value is -0.250. The zero-order chi connectivity index (χ0) is 10.1. The van der Waals surface area contributed by atoms with Crippen molar-refractivity contribution < 1.29 is 13.5 Å². The molecule has 0 aliphatic heterocycles. The molecular formula is C7H3Cl3F2O. The predicted molar refractivity (Wildman–Crippen MR) is 47.3 cm³/mol. The van der Waals surface area contributed by atoms with Crippen molar-refractivity contribution in [3.8, 4) is 5.75 Å². The standard InChI is InChI=1S/C7H3Cl3F2O/c8-7(9,10)13-4-1-2-5(11)6(12)3-4/h1-3H. The Bertz CT molecular complexity index is 311. The Labute approximate surface area is 88.2 Å². The van der Waals surface area contributed by atoms with Crippen LogP contribution < -0.4 is 4.74 Å². The van der Waals surface area contributed by atoms with E-state index < -0.39 is 15.6 Å². The Morgan fingerprint density at radius 1 is 1.08 bits per heavy atom. The second kappa shape index (κ2) is 3.86. The van der Waals surface area contributed by atoms with E-state index in [9.17, 15) is 8.78 Å². The van der Waals surface area contributed by atoms with Gasteiger partial charge in [0, 0.05) is 6.07 Å². The molecule has 72 valence electrons. The first kappa shape index (κ1) is 10.8. The Kier molecular flexibility index (Phi) is 3.22. The summed E-state index contributed by atoms with van der Waals surface area (Å²) in [5.41, 5.74) is 0. The topological polar surface area (TPSA) is 9.23 Å². The van der Waals surface area contributed by atoms with Crippen molar-refractivity contribution in [2.45, 2.75) is 3.98 Å². The van der Waals surface area contributed by atoms with Crippen LogP contribution in [0.5, 0.6) is 5.75 Å². The lowest BCUT2D eigenvalue weighted by Crippen LogP contribution is -2.12. The second-order valence-electron chi connectivity index (χ2n) is 2.12. The monoisotopic (exact) mass is 246 g/mol. The van der Waals surface area contributed by atoms with Crippen LogP contribution in [0.4, 0.5) is 8.78 Å². The van der Waals surface area contributed by atoms with E-state index in [0.29, 0.717) is 0 Å². The van der Waals surface area contributed by atoms with Crippen LogP contribution in [0, 0.1) is 11.6 Å². The highest BCUT2D eigenvalue weighted by molar-refractivity contribution is 6.66. The van der Waals surface area contributed by atoms with E-state index in [-0.39, 0.29) is 5.75 Å². The largest absolute Gasteiger partial charge is 0.445 e. The molecule has 0 atom stereocenters. The molecule has 0 saturated carbocycles. The van der Waals surface area contributed by atoms with Crippen LogP contribution in [-0.4, -0.2) is 3.98 Å². The average molecular weight is 247 g/mol. The molecular weight excluding hydrogens is 244 g/mol. The fraction of sp³-hybridized carbons (Fsp3) is 0.143. The SMILES string of the molecule is Fc1ccc(OC(Cl)(Cl)Cl)cc1F. The van der Waals surface area contributed by atoms with Crippen molar-refractivity contribution in [2.75, 3.05) is 0 Å². The molecule has 1 rings (SSSR count). The van der Waals surface area contributed by atoms with E-state index >= 15 is 0 Å². The highest BCUT2D eigenvalue weighted by atomic mass is 35.6. The van der Waals surface area contributed by atoms with E-state index in [0.717, 1.165) is 18.2 Å². The molecule has 0 fully saturated rings. The summed E-state index contributed by atoms with van der Waals surface area (Å²) in [5, 5.41) is 0. The van der Waals surface area contributed by atoms with Gasteiger partial charge in [-0.25, -0.2) is 8.78 Å². The van der Waals surface area contributed by atoms with E-state index in [1.165, 1.54) is 0 Å². The summed E-state index contributed by atoms with van der Waals surface area (Å²) >= 11 is 15.8. The van der Waals surface area contributed by atoms with E-state index in [1.807, 2.05) is 0 Å². The summed E-state index contributed by atoms with van der Waals surface area (Å²) in [7, 11) is 0. The first-order chi connectivity index (χ1) is 5.88. The van der Waals surface area contributed by atoms with Gasteiger partial charge in [0.2, 0.25) is 0 Å². The van der Waals surface area contributed by atoms with Crippen LogP contribution in [0.1, 0.15) is 0 Å². The third-order valence-corrected chi connectivity index (χ3v) is 1.36. The molecule has 0 bridgehead atoms. The highest BCUT2D eigenvalue weighted by Gasteiger charge is 2.22. The number of rotatable bonds is 1. The number of alkyl halides is 3. The Morgan fingerprint density at radius 3 is 2.15 bits per heavy atom. The smallest absolute Gasteiger partial charge is 0.338 e. The van der Waals surface area contributed by atoms with Crippen LogP contribution in [0.2, 0.25) is 0 Å². The molecule has 6 heteroatoms. The Morgan fingerprint density at radius 2 is 1.69 bits per heavy atom. The van der Waals surface area contributed by atoms with Gasteiger partial charge in [-0.05, 0) is 46.9 Å². The van der Waals surface area contributed by atoms with Crippen molar-refractivity contribution in [3.63, 3.8) is 0 Å². The van der Waals surface area contributed by atoms with Gasteiger partial charge >= 0.3 is 3.98 Å². The lowest BCUT2D eigenvalue weighted by Gasteiger charge is -2.13. The highest BCUT2D eigenvalue weighted by Crippen LogP contribution is 2.30. The van der Waals surface area contributed by atoms with Gasteiger partial charge in [0.1, 0.15) is 5.75 Å². The van der Waals surface area contributed by atoms with Gasteiger partial charge in [0.25, 0.3) is 0 Å². The van der Waals surface area contributed by atoms with Crippen molar-refractivity contribution in [2.24, 2.45) is 0 Å². The van der Waals surface area contributed by atoms with Crippen LogP contribution >= 0.6 is 34.8 Å². The molecule has 0 aliphatic rings. The van der Waals surface area contributed by atoms with Crippen molar-refractivity contribution >= 4 is 34.8 Å². The first-order valence-electron chi connectivity index (χ1n) is 3.09. The molecule has 13 heavy (non-hydrogen) atoms. The minimum absolute atomic E-state index is 0.0566. The number of halogens is 5. The zero-order valence-electron chi connectivity index (χ0n) is 6.03. The number of benzene rings is 1. The normalized spacial score (nSPS) is 11.5. The van der Waals surface area contributed by atoms with Crippen LogP contribution in [0.15, 0.2) is 18.2 Å². The molecule has 0 saturated heterocycles. The van der Waals surface area contributed by atoms with Gasteiger partial charge in [-0.1, -0.05) is 0 Å². The summed E-state index contributed by atoms with van der Waals surface area (Å²) in [5.74, 6) is -2.11. The molecule has 0 aromatic heterocycles. The summed E-state index contributed by atoms with van der Waals surface area (Å²) in [4.78, 5) is 0. The fourth-order valence-corrected chi connectivity index (χ4v) is 0.941. The lowest BCUT2D eigenvalue weighted by atomic mass is 10.3. The molecule has 0 aliphatic carbocycles. The number of ether oxygens (including phenoxy) is 1. The number of hydrogen-bond acceptors (Lipinski definition) is 1. The fourth-order valence-electron chi connectivity index (χ4n) is 0.674. The van der Waals surface area contributed by atoms with Gasteiger partial charge in [0.15, 0.2) is 11.6 Å². The third-order valence-electron chi connectivity index (χ3n) is 1.12. The summed E-state index contributed by atoms with van der Waals surface area (Å²) < 4.78 is 27.6. The van der Waals surface area contributed by atoms with Crippen LogP contribution in [0.3, 0.4) is 0 Å². The maximum atomic E-state index is 12.6. The molecule has 0 unspecified atom stereocenters. The van der Waals surface area contributed by atoms with Gasteiger partial charge in [-0.3, -0.25) is 0 Å². The second-order valence-corrected chi connectivity index (χ2v) is 4.30. The molecule has 0 heterocycles. The molecule has 0 N–H and O–H groups in total. The van der Waals surface area contributed by atoms with Crippen molar-refractivity contribution in [1.29, 1.82) is 0 Å². The summed E-state index contributed by atoms with van der Waals surface area (Å²) in [6.07, 6.45) is 0. The number of hydrogen-bond donors (Lipinski definition) is 0. The molecule has 0 radical (unpaired) electrons. The van der Waals surface area contributed by atoms with Gasteiger partial charge < -0.3 is 4.74 Å². The summed E-state index contributed by atoms with van der Waals surface area (Å²) in [6, 6.07) is 2.82. The van der Waals surface area contributed by atoms with Gasteiger partial charge in [-0.15, -0.1) is 0 Å². The quantitative estimate of drug-likeness (QED) is 0.688. The molecule has 1 aromatic rings. The Balaban J connectivity index is 2.86. The predicted octanol–water partition coefficient (Wildman–Crippen LogP) is 3.67. The zero-order valence-corrected chi connectivity index (χ0v) is 8.30. The summed E-state index contributed by atoms with van der Waals surface area (Å²) in [6.45, 7) is 0. The van der Waals surface area contributed by atoms with Gasteiger partial charge in [-0.2, -0.15) is 0 Å². The average Bonchev–Trinajstić information content (AvgIpc) is 1.94. The van der Waals surface area contributed by atoms with Crippen LogP contribution in [0.25, 0.3) is 0 Å². The maximum Gasteiger partial charge on any atom is 0.338 e. The van der Waals surface area contributed by atoms with Gasteiger partial charge in [0.05, 0.1) is 0 Å².